The Balaban J connectivity index is 3.50. The van der Waals surface area contributed by atoms with Gasteiger partial charge in [0.15, 0.2) is 0 Å². The van der Waals surface area contributed by atoms with Crippen LogP contribution in [0.2, 0.25) is 0 Å². The zero-order chi connectivity index (χ0) is 22.1. The summed E-state index contributed by atoms with van der Waals surface area (Å²) in [5.74, 6) is 0. The van der Waals surface area contributed by atoms with Crippen molar-refractivity contribution < 1.29 is 0 Å². The fourth-order valence-corrected chi connectivity index (χ4v) is 4.75. The van der Waals surface area contributed by atoms with E-state index in [1.165, 1.54) is 154 Å². The summed E-state index contributed by atoms with van der Waals surface area (Å²) in [4.78, 5) is 2.61. The standard InChI is InChI=1S/C29H61N/c1-5-8-10-12-14-15-16-17-18-19-20-22-24-26-28-29(30(4)7-3)27-25-23-21-13-11-9-6-2/h29H,5-28H2,1-4H3. The highest BCUT2D eigenvalue weighted by Crippen LogP contribution is 2.18. The van der Waals surface area contributed by atoms with Crippen LogP contribution in [0.15, 0.2) is 0 Å². The molecule has 0 aromatic heterocycles. The smallest absolute Gasteiger partial charge is 0.00920 e. The van der Waals surface area contributed by atoms with Crippen LogP contribution in [-0.4, -0.2) is 24.5 Å². The SMILES string of the molecule is CCCCCCCCCCCCCCCCC(CCCCCCCCC)N(C)CC. The molecule has 0 rings (SSSR count). The Hall–Kier alpha value is -0.0400. The fraction of sp³-hybridized carbons (Fsp3) is 1.00. The van der Waals surface area contributed by atoms with Crippen LogP contribution in [0.25, 0.3) is 0 Å². The van der Waals surface area contributed by atoms with Gasteiger partial charge in [-0.3, -0.25) is 0 Å². The molecule has 1 atom stereocenters. The van der Waals surface area contributed by atoms with Crippen molar-refractivity contribution in [3.8, 4) is 0 Å². The van der Waals surface area contributed by atoms with Crippen LogP contribution in [0.4, 0.5) is 0 Å². The second-order valence-corrected chi connectivity index (χ2v) is 10.0. The van der Waals surface area contributed by atoms with Gasteiger partial charge in [0.1, 0.15) is 0 Å². The van der Waals surface area contributed by atoms with Crippen LogP contribution >= 0.6 is 0 Å². The highest BCUT2D eigenvalue weighted by molar-refractivity contribution is 4.68. The van der Waals surface area contributed by atoms with Crippen molar-refractivity contribution in [3.63, 3.8) is 0 Å². The molecule has 0 fully saturated rings. The summed E-state index contributed by atoms with van der Waals surface area (Å²) in [6.07, 6.45) is 33.4. The normalized spacial score (nSPS) is 12.7. The van der Waals surface area contributed by atoms with E-state index in [1.54, 1.807) is 0 Å². The van der Waals surface area contributed by atoms with Crippen molar-refractivity contribution in [3.05, 3.63) is 0 Å². The van der Waals surface area contributed by atoms with Gasteiger partial charge in [0.05, 0.1) is 0 Å². The molecule has 1 nitrogen and oxygen atoms in total. The Morgan fingerprint density at radius 3 is 0.933 bits per heavy atom. The summed E-state index contributed by atoms with van der Waals surface area (Å²) in [5.41, 5.74) is 0. The zero-order valence-electron chi connectivity index (χ0n) is 22.0. The third-order valence-electron chi connectivity index (χ3n) is 7.15. The third kappa shape index (κ3) is 21.2. The topological polar surface area (TPSA) is 3.24 Å². The predicted molar refractivity (Wildman–Crippen MR) is 140 cm³/mol. The van der Waals surface area contributed by atoms with Gasteiger partial charge in [0.25, 0.3) is 0 Å². The van der Waals surface area contributed by atoms with Crippen LogP contribution in [0.3, 0.4) is 0 Å². The predicted octanol–water partition coefficient (Wildman–Crippen LogP) is 10.3. The van der Waals surface area contributed by atoms with Gasteiger partial charge in [-0.1, -0.05) is 156 Å². The summed E-state index contributed by atoms with van der Waals surface area (Å²) < 4.78 is 0. The van der Waals surface area contributed by atoms with Gasteiger partial charge in [-0.25, -0.2) is 0 Å². The molecule has 0 saturated heterocycles. The van der Waals surface area contributed by atoms with Crippen LogP contribution in [0.1, 0.15) is 168 Å². The fourth-order valence-electron chi connectivity index (χ4n) is 4.75. The zero-order valence-corrected chi connectivity index (χ0v) is 22.0. The summed E-state index contributed by atoms with van der Waals surface area (Å²) in [6, 6.07) is 0.836. The third-order valence-corrected chi connectivity index (χ3v) is 7.15. The van der Waals surface area contributed by atoms with Crippen LogP contribution < -0.4 is 0 Å². The van der Waals surface area contributed by atoms with Gasteiger partial charge < -0.3 is 4.90 Å². The van der Waals surface area contributed by atoms with Gasteiger partial charge in [-0.05, 0) is 26.4 Å². The van der Waals surface area contributed by atoms with Gasteiger partial charge in [-0.15, -0.1) is 0 Å². The Morgan fingerprint density at radius 1 is 0.400 bits per heavy atom. The average molecular weight is 424 g/mol. The van der Waals surface area contributed by atoms with Gasteiger partial charge in [0, 0.05) is 6.04 Å². The Labute approximate surface area is 193 Å². The van der Waals surface area contributed by atoms with Crippen molar-refractivity contribution in [2.24, 2.45) is 0 Å². The van der Waals surface area contributed by atoms with Crippen molar-refractivity contribution in [1.82, 2.24) is 4.90 Å². The monoisotopic (exact) mass is 423 g/mol. The van der Waals surface area contributed by atoms with Crippen molar-refractivity contribution in [2.75, 3.05) is 13.6 Å². The Morgan fingerprint density at radius 2 is 0.667 bits per heavy atom. The van der Waals surface area contributed by atoms with E-state index < -0.39 is 0 Å². The van der Waals surface area contributed by atoms with Gasteiger partial charge in [0.2, 0.25) is 0 Å². The molecule has 0 aromatic rings. The first-order valence-electron chi connectivity index (χ1n) is 14.5. The van der Waals surface area contributed by atoms with Crippen LogP contribution in [0.5, 0.6) is 0 Å². The highest BCUT2D eigenvalue weighted by Gasteiger charge is 2.12. The molecule has 1 unspecified atom stereocenters. The molecule has 0 saturated carbocycles. The molecule has 0 amide bonds. The lowest BCUT2D eigenvalue weighted by Crippen LogP contribution is -2.31. The molecule has 0 radical (unpaired) electrons. The molecule has 0 N–H and O–H groups in total. The van der Waals surface area contributed by atoms with Gasteiger partial charge >= 0.3 is 0 Å². The number of unbranched alkanes of at least 4 members (excludes halogenated alkanes) is 19. The van der Waals surface area contributed by atoms with Crippen molar-refractivity contribution >= 4 is 0 Å². The molecule has 0 aliphatic rings. The molecule has 0 aliphatic heterocycles. The largest absolute Gasteiger partial charge is 0.304 e. The quantitative estimate of drug-likeness (QED) is 0.132. The highest BCUT2D eigenvalue weighted by atomic mass is 15.1. The maximum absolute atomic E-state index is 2.61. The number of nitrogens with zero attached hydrogens (tertiary/aromatic N) is 1. The van der Waals surface area contributed by atoms with Crippen LogP contribution in [0, 0.1) is 0 Å². The lowest BCUT2D eigenvalue weighted by molar-refractivity contribution is 0.219. The average Bonchev–Trinajstić information content (AvgIpc) is 2.76. The number of hydrogen-bond donors (Lipinski definition) is 0. The summed E-state index contributed by atoms with van der Waals surface area (Å²) >= 11 is 0. The van der Waals surface area contributed by atoms with E-state index >= 15 is 0 Å². The Bertz CT molecular complexity index is 301. The first-order chi connectivity index (χ1) is 14.8. The molecule has 0 spiro atoms. The second kappa shape index (κ2) is 25.2. The molecular weight excluding hydrogens is 362 g/mol. The summed E-state index contributed by atoms with van der Waals surface area (Å²) in [5, 5.41) is 0. The molecular formula is C29H61N. The minimum absolute atomic E-state index is 0.836. The molecule has 182 valence electrons. The van der Waals surface area contributed by atoms with E-state index in [4.69, 9.17) is 0 Å². The first-order valence-corrected chi connectivity index (χ1v) is 14.5. The molecule has 0 aliphatic carbocycles. The maximum atomic E-state index is 2.61. The molecule has 0 bridgehead atoms. The molecule has 0 aromatic carbocycles. The Kier molecular flexibility index (Phi) is 25.2. The van der Waals surface area contributed by atoms with E-state index in [1.807, 2.05) is 0 Å². The summed E-state index contributed by atoms with van der Waals surface area (Å²) in [6.45, 7) is 8.14. The van der Waals surface area contributed by atoms with E-state index in [2.05, 4.69) is 32.7 Å². The van der Waals surface area contributed by atoms with Crippen LogP contribution in [-0.2, 0) is 0 Å². The lowest BCUT2D eigenvalue weighted by Gasteiger charge is -2.27. The summed E-state index contributed by atoms with van der Waals surface area (Å²) in [7, 11) is 2.34. The van der Waals surface area contributed by atoms with Crippen molar-refractivity contribution in [2.45, 2.75) is 174 Å². The van der Waals surface area contributed by atoms with E-state index in [0.29, 0.717) is 0 Å². The van der Waals surface area contributed by atoms with E-state index in [-0.39, 0.29) is 0 Å². The molecule has 0 heterocycles. The minimum Gasteiger partial charge on any atom is -0.304 e. The second-order valence-electron chi connectivity index (χ2n) is 10.0. The number of hydrogen-bond acceptors (Lipinski definition) is 1. The van der Waals surface area contributed by atoms with E-state index in [0.717, 1.165) is 6.04 Å². The lowest BCUT2D eigenvalue weighted by atomic mass is 9.98. The first kappa shape index (κ1) is 30.0. The van der Waals surface area contributed by atoms with Gasteiger partial charge in [-0.2, -0.15) is 0 Å². The number of rotatable bonds is 25. The van der Waals surface area contributed by atoms with E-state index in [9.17, 15) is 0 Å². The van der Waals surface area contributed by atoms with Crippen molar-refractivity contribution in [1.29, 1.82) is 0 Å². The molecule has 1 heteroatoms. The molecule has 30 heavy (non-hydrogen) atoms. The maximum Gasteiger partial charge on any atom is 0.00920 e. The minimum atomic E-state index is 0.836.